The van der Waals surface area contributed by atoms with Crippen LogP contribution in [0.5, 0.6) is 5.75 Å². The van der Waals surface area contributed by atoms with E-state index in [9.17, 15) is 17.6 Å². The molecule has 4 rings (SSSR count). The fourth-order valence-corrected chi connectivity index (χ4v) is 5.25. The highest BCUT2D eigenvalue weighted by Crippen LogP contribution is 2.59. The van der Waals surface area contributed by atoms with E-state index in [1.165, 1.54) is 12.3 Å². The quantitative estimate of drug-likeness (QED) is 0.454. The molecule has 0 bridgehead atoms. The van der Waals surface area contributed by atoms with Gasteiger partial charge >= 0.3 is 6.61 Å². The molecule has 1 aliphatic heterocycles. The smallest absolute Gasteiger partial charge is 0.387 e. The normalized spacial score (nSPS) is 29.9. The Balaban J connectivity index is 1.47. The van der Waals surface area contributed by atoms with Gasteiger partial charge in [0.05, 0.1) is 13.2 Å². The zero-order chi connectivity index (χ0) is 24.6. The van der Waals surface area contributed by atoms with Crippen molar-refractivity contribution in [1.82, 2.24) is 9.88 Å². The van der Waals surface area contributed by atoms with E-state index < -0.39 is 19.1 Å². The molecule has 3 fully saturated rings. The molecular weight excluding hydrogens is 454 g/mol. The lowest BCUT2D eigenvalue weighted by atomic mass is 10.00. The van der Waals surface area contributed by atoms with Gasteiger partial charge in [-0.15, -0.1) is 0 Å². The Hall–Kier alpha value is -2.40. The molecule has 2 unspecified atom stereocenters. The van der Waals surface area contributed by atoms with Crippen molar-refractivity contribution in [3.8, 4) is 5.75 Å². The van der Waals surface area contributed by atoms with E-state index >= 15 is 0 Å². The van der Waals surface area contributed by atoms with Gasteiger partial charge in [-0.25, -0.2) is 13.8 Å². The molecule has 11 heteroatoms. The van der Waals surface area contributed by atoms with Crippen molar-refractivity contribution >= 4 is 17.2 Å². The number of hydrogen-bond donors (Lipinski definition) is 2. The van der Waals surface area contributed by atoms with Gasteiger partial charge in [0.2, 0.25) is 0 Å². The van der Waals surface area contributed by atoms with E-state index in [0.717, 1.165) is 18.6 Å². The summed E-state index contributed by atoms with van der Waals surface area (Å²) >= 11 is 0. The summed E-state index contributed by atoms with van der Waals surface area (Å²) in [6, 6.07) is 1.47. The average Bonchev–Trinajstić information content (AvgIpc) is 3.30. The molecule has 7 nitrogen and oxygen atoms in total. The summed E-state index contributed by atoms with van der Waals surface area (Å²) in [4.78, 5) is 10.5. The largest absolute Gasteiger partial charge is 0.431 e. The van der Waals surface area contributed by atoms with Crippen molar-refractivity contribution < 1.29 is 27.0 Å². The van der Waals surface area contributed by atoms with Gasteiger partial charge in [0.1, 0.15) is 6.61 Å². The molecule has 4 atom stereocenters. The molecule has 0 aromatic carbocycles. The Morgan fingerprint density at radius 2 is 2.03 bits per heavy atom. The van der Waals surface area contributed by atoms with Gasteiger partial charge in [-0.1, -0.05) is 0 Å². The van der Waals surface area contributed by atoms with E-state index in [1.807, 2.05) is 18.7 Å². The number of fused-ring (bicyclic) bond motifs is 1. The fourth-order valence-electron chi connectivity index (χ4n) is 5.25. The summed E-state index contributed by atoms with van der Waals surface area (Å²) in [6.45, 7) is 0.929. The Kier molecular flexibility index (Phi) is 7.04. The van der Waals surface area contributed by atoms with Gasteiger partial charge in [-0.05, 0) is 50.7 Å². The van der Waals surface area contributed by atoms with Crippen LogP contribution in [-0.2, 0) is 4.74 Å². The Morgan fingerprint density at radius 1 is 1.32 bits per heavy atom. The summed E-state index contributed by atoms with van der Waals surface area (Å²) in [5, 5.41) is 0. The third-order valence-electron chi connectivity index (χ3n) is 6.69. The first-order valence-electron chi connectivity index (χ1n) is 11.5. The number of anilines is 1. The molecule has 0 spiro atoms. The van der Waals surface area contributed by atoms with Crippen molar-refractivity contribution in [2.75, 3.05) is 32.0 Å². The Morgan fingerprint density at radius 3 is 2.68 bits per heavy atom. The van der Waals surface area contributed by atoms with Crippen molar-refractivity contribution in [1.29, 1.82) is 0 Å². The second-order valence-corrected chi connectivity index (χ2v) is 9.59. The second kappa shape index (κ2) is 9.69. The highest BCUT2D eigenvalue weighted by molar-refractivity contribution is 6.04. The molecule has 2 heterocycles. The highest BCUT2D eigenvalue weighted by Gasteiger charge is 2.59. The standard InChI is InChI=1S/C23H31F4N5O2/c1-12(2)31-18(8-17(28)13-5-19(34-22(24)25)21(29)30-9-13)20-15-6-14(7-16(15)20)32-3-4-33-11-23(26,27)10-32/h5,8-9,12,14-16,20,22H,3-4,6-7,10-11,28H2,1-2H3,(H2,29,30)/t14?,15-,16+,20?. The summed E-state index contributed by atoms with van der Waals surface area (Å²) in [6.07, 6.45) is 4.81. The fraction of sp³-hybridized carbons (Fsp3) is 0.652. The number of alkyl halides is 4. The molecule has 1 aromatic heterocycles. The molecule has 188 valence electrons. The van der Waals surface area contributed by atoms with Crippen LogP contribution in [0.2, 0.25) is 0 Å². The predicted molar refractivity (Wildman–Crippen MR) is 121 cm³/mol. The summed E-state index contributed by atoms with van der Waals surface area (Å²) in [5.41, 5.74) is 13.4. The van der Waals surface area contributed by atoms with Gasteiger partial charge in [0, 0.05) is 47.7 Å². The number of allylic oxidation sites excluding steroid dienone is 1. The van der Waals surface area contributed by atoms with Crippen LogP contribution in [0.4, 0.5) is 23.4 Å². The lowest BCUT2D eigenvalue weighted by Gasteiger charge is -2.30. The van der Waals surface area contributed by atoms with E-state index in [2.05, 4.69) is 9.72 Å². The van der Waals surface area contributed by atoms with Crippen LogP contribution in [-0.4, -0.2) is 66.5 Å². The van der Waals surface area contributed by atoms with Gasteiger partial charge < -0.3 is 20.9 Å². The zero-order valence-corrected chi connectivity index (χ0v) is 19.3. The van der Waals surface area contributed by atoms with Gasteiger partial charge in [-0.3, -0.25) is 9.89 Å². The topological polar surface area (TPSA) is 99.0 Å². The van der Waals surface area contributed by atoms with Crippen LogP contribution in [0.3, 0.4) is 0 Å². The molecule has 2 aliphatic carbocycles. The van der Waals surface area contributed by atoms with Crippen LogP contribution in [0, 0.1) is 17.8 Å². The Bertz CT molecular complexity index is 943. The van der Waals surface area contributed by atoms with Gasteiger partial charge in [0.15, 0.2) is 11.6 Å². The lowest BCUT2D eigenvalue weighted by Crippen LogP contribution is -2.43. The van der Waals surface area contributed by atoms with Crippen molar-refractivity contribution in [2.24, 2.45) is 28.5 Å². The van der Waals surface area contributed by atoms with E-state index in [1.54, 1.807) is 6.08 Å². The number of pyridine rings is 1. The molecule has 0 radical (unpaired) electrons. The molecule has 1 saturated heterocycles. The zero-order valence-electron chi connectivity index (χ0n) is 19.3. The van der Waals surface area contributed by atoms with Crippen molar-refractivity contribution in [3.05, 3.63) is 23.9 Å². The summed E-state index contributed by atoms with van der Waals surface area (Å²) in [5.74, 6) is -2.32. The van der Waals surface area contributed by atoms with Crippen LogP contribution < -0.4 is 16.2 Å². The number of nitrogens with two attached hydrogens (primary N) is 2. The average molecular weight is 486 g/mol. The molecule has 4 N–H and O–H groups in total. The molecule has 1 aromatic rings. The second-order valence-electron chi connectivity index (χ2n) is 9.59. The molecule has 3 aliphatic rings. The van der Waals surface area contributed by atoms with Crippen molar-refractivity contribution in [2.45, 2.75) is 51.3 Å². The number of halogens is 4. The maximum absolute atomic E-state index is 14.0. The lowest BCUT2D eigenvalue weighted by molar-refractivity contribution is -0.0719. The maximum atomic E-state index is 14.0. The number of nitrogen functional groups attached to an aromatic ring is 1. The summed E-state index contributed by atoms with van der Waals surface area (Å²) in [7, 11) is 0. The predicted octanol–water partition coefficient (Wildman–Crippen LogP) is 3.41. The number of nitrogens with zero attached hydrogens (tertiary/aromatic N) is 3. The number of rotatable bonds is 7. The first-order chi connectivity index (χ1) is 16.0. The van der Waals surface area contributed by atoms with Crippen LogP contribution in [0.1, 0.15) is 32.3 Å². The van der Waals surface area contributed by atoms with Crippen molar-refractivity contribution in [3.63, 3.8) is 0 Å². The minimum Gasteiger partial charge on any atom is -0.431 e. The van der Waals surface area contributed by atoms with E-state index in [0.29, 0.717) is 36.2 Å². The van der Waals surface area contributed by atoms with Gasteiger partial charge in [0.25, 0.3) is 5.92 Å². The monoisotopic (exact) mass is 485 g/mol. The van der Waals surface area contributed by atoms with Crippen LogP contribution >= 0.6 is 0 Å². The minimum atomic E-state index is -3.03. The third kappa shape index (κ3) is 5.63. The summed E-state index contributed by atoms with van der Waals surface area (Å²) < 4.78 is 62.7. The number of aromatic nitrogens is 1. The maximum Gasteiger partial charge on any atom is 0.387 e. The van der Waals surface area contributed by atoms with Gasteiger partial charge in [-0.2, -0.15) is 8.78 Å². The third-order valence-corrected chi connectivity index (χ3v) is 6.69. The number of hydrogen-bond acceptors (Lipinski definition) is 7. The highest BCUT2D eigenvalue weighted by atomic mass is 19.3. The van der Waals surface area contributed by atoms with E-state index in [4.69, 9.17) is 21.2 Å². The first-order valence-corrected chi connectivity index (χ1v) is 11.5. The SMILES string of the molecule is CC(C)N=C(C=C(N)c1cnc(N)c(OC(F)F)c1)C1[C@H]2CC(N3CCOCC(F)(F)C3)C[C@@H]12. The van der Waals surface area contributed by atoms with Crippen LogP contribution in [0.15, 0.2) is 23.3 Å². The Labute approximate surface area is 196 Å². The number of ether oxygens (including phenoxy) is 2. The van der Waals surface area contributed by atoms with Crippen LogP contribution in [0.25, 0.3) is 5.70 Å². The molecule has 0 amide bonds. The molecule has 2 saturated carbocycles. The number of aliphatic imine (C=N–C) groups is 1. The first kappa shape index (κ1) is 24.7. The molecule has 34 heavy (non-hydrogen) atoms. The van der Waals surface area contributed by atoms with E-state index in [-0.39, 0.29) is 36.1 Å². The minimum absolute atomic E-state index is 0.0277. The molecular formula is C23H31F4N5O2.